The van der Waals surface area contributed by atoms with Gasteiger partial charge in [0.15, 0.2) is 0 Å². The van der Waals surface area contributed by atoms with E-state index in [9.17, 15) is 5.11 Å². The molecule has 2 aliphatic heterocycles. The van der Waals surface area contributed by atoms with Crippen LogP contribution in [-0.4, -0.2) is 47.8 Å². The van der Waals surface area contributed by atoms with Crippen LogP contribution < -0.4 is 5.32 Å². The monoisotopic (exact) mass is 198 g/mol. The van der Waals surface area contributed by atoms with Crippen molar-refractivity contribution >= 4 is 0 Å². The maximum absolute atomic E-state index is 9.27. The number of aliphatic hydroxyl groups excluding tert-OH is 1. The first kappa shape index (κ1) is 10.4. The molecule has 2 aliphatic rings. The van der Waals surface area contributed by atoms with Gasteiger partial charge in [-0.25, -0.2) is 0 Å². The quantitative estimate of drug-likeness (QED) is 0.696. The molecule has 82 valence electrons. The van der Waals surface area contributed by atoms with Crippen molar-refractivity contribution in [3.63, 3.8) is 0 Å². The van der Waals surface area contributed by atoms with Gasteiger partial charge in [0.05, 0.1) is 6.61 Å². The molecule has 3 atom stereocenters. The zero-order valence-corrected chi connectivity index (χ0v) is 9.08. The predicted octanol–water partition coefficient (Wildman–Crippen LogP) is 0.584. The second kappa shape index (κ2) is 4.60. The first-order valence-corrected chi connectivity index (χ1v) is 5.93. The van der Waals surface area contributed by atoms with Crippen LogP contribution in [0.1, 0.15) is 32.6 Å². The molecule has 0 radical (unpaired) electrons. The van der Waals surface area contributed by atoms with Crippen LogP contribution in [0.4, 0.5) is 0 Å². The summed E-state index contributed by atoms with van der Waals surface area (Å²) in [6.45, 7) is 4.98. The molecule has 2 saturated heterocycles. The molecule has 2 fully saturated rings. The van der Waals surface area contributed by atoms with Crippen molar-refractivity contribution in [2.45, 2.75) is 50.7 Å². The van der Waals surface area contributed by atoms with Gasteiger partial charge in [0.1, 0.15) is 0 Å². The van der Waals surface area contributed by atoms with Gasteiger partial charge in [0.2, 0.25) is 0 Å². The molecule has 3 nitrogen and oxygen atoms in total. The van der Waals surface area contributed by atoms with Crippen LogP contribution in [0.15, 0.2) is 0 Å². The maximum atomic E-state index is 9.27. The van der Waals surface area contributed by atoms with E-state index in [0.717, 1.165) is 0 Å². The number of likely N-dealkylation sites (tertiary alicyclic amines) is 1. The highest BCUT2D eigenvalue weighted by Crippen LogP contribution is 2.23. The molecular weight excluding hydrogens is 176 g/mol. The van der Waals surface area contributed by atoms with Crippen LogP contribution in [-0.2, 0) is 0 Å². The Morgan fingerprint density at radius 1 is 1.43 bits per heavy atom. The van der Waals surface area contributed by atoms with Crippen molar-refractivity contribution in [1.82, 2.24) is 10.2 Å². The summed E-state index contributed by atoms with van der Waals surface area (Å²) >= 11 is 0. The van der Waals surface area contributed by atoms with E-state index < -0.39 is 0 Å². The summed E-state index contributed by atoms with van der Waals surface area (Å²) in [6, 6.07) is 1.67. The van der Waals surface area contributed by atoms with Gasteiger partial charge in [0, 0.05) is 18.1 Å². The normalized spacial score (nSPS) is 36.4. The fourth-order valence-electron chi connectivity index (χ4n) is 2.94. The lowest BCUT2D eigenvalue weighted by Gasteiger charge is -2.33. The fraction of sp³-hybridized carbons (Fsp3) is 1.00. The Kier molecular flexibility index (Phi) is 3.42. The van der Waals surface area contributed by atoms with Gasteiger partial charge in [-0.2, -0.15) is 0 Å². The molecule has 0 aliphatic carbocycles. The smallest absolute Gasteiger partial charge is 0.0587 e. The van der Waals surface area contributed by atoms with Crippen molar-refractivity contribution in [3.05, 3.63) is 0 Å². The van der Waals surface area contributed by atoms with E-state index in [4.69, 9.17) is 0 Å². The molecule has 3 heteroatoms. The Morgan fingerprint density at radius 3 is 2.93 bits per heavy atom. The number of nitrogens with zero attached hydrogens (tertiary/aromatic N) is 1. The summed E-state index contributed by atoms with van der Waals surface area (Å²) in [7, 11) is 0. The second-order valence-corrected chi connectivity index (χ2v) is 4.66. The number of hydrogen-bond donors (Lipinski definition) is 2. The highest BCUT2D eigenvalue weighted by atomic mass is 16.3. The lowest BCUT2D eigenvalue weighted by atomic mass is 10.1. The van der Waals surface area contributed by atoms with E-state index >= 15 is 0 Å². The van der Waals surface area contributed by atoms with Crippen molar-refractivity contribution in [2.24, 2.45) is 0 Å². The molecule has 0 amide bonds. The van der Waals surface area contributed by atoms with Crippen LogP contribution in [0.5, 0.6) is 0 Å². The van der Waals surface area contributed by atoms with Crippen LogP contribution in [0, 0.1) is 0 Å². The Labute approximate surface area is 86.5 Å². The van der Waals surface area contributed by atoms with Gasteiger partial charge >= 0.3 is 0 Å². The van der Waals surface area contributed by atoms with E-state index in [1.165, 1.54) is 38.8 Å². The molecule has 0 aromatic rings. The third kappa shape index (κ3) is 1.95. The minimum absolute atomic E-state index is 0.330. The lowest BCUT2D eigenvalue weighted by molar-refractivity contribution is 0.110. The molecule has 2 heterocycles. The Morgan fingerprint density at radius 2 is 2.29 bits per heavy atom. The van der Waals surface area contributed by atoms with E-state index in [1.54, 1.807) is 0 Å². The minimum Gasteiger partial charge on any atom is -0.395 e. The highest BCUT2D eigenvalue weighted by Gasteiger charge is 2.32. The summed E-state index contributed by atoms with van der Waals surface area (Å²) in [5, 5.41) is 12.8. The molecule has 0 aromatic heterocycles. The van der Waals surface area contributed by atoms with E-state index in [2.05, 4.69) is 17.1 Å². The van der Waals surface area contributed by atoms with Crippen LogP contribution in [0.2, 0.25) is 0 Å². The van der Waals surface area contributed by atoms with Gasteiger partial charge in [-0.1, -0.05) is 0 Å². The fourth-order valence-corrected chi connectivity index (χ4v) is 2.94. The molecule has 0 saturated carbocycles. The zero-order valence-electron chi connectivity index (χ0n) is 9.08. The van der Waals surface area contributed by atoms with Crippen molar-refractivity contribution < 1.29 is 5.11 Å². The average Bonchev–Trinajstić information content (AvgIpc) is 2.87. The van der Waals surface area contributed by atoms with Gasteiger partial charge in [-0.3, -0.25) is 4.90 Å². The Hall–Kier alpha value is -0.120. The number of hydrogen-bond acceptors (Lipinski definition) is 3. The highest BCUT2D eigenvalue weighted by molar-refractivity contribution is 4.90. The van der Waals surface area contributed by atoms with Crippen molar-refractivity contribution in [3.8, 4) is 0 Å². The second-order valence-electron chi connectivity index (χ2n) is 4.66. The Balaban J connectivity index is 1.92. The molecular formula is C11H22N2O. The van der Waals surface area contributed by atoms with E-state index in [0.29, 0.717) is 24.7 Å². The maximum Gasteiger partial charge on any atom is 0.0587 e. The van der Waals surface area contributed by atoms with Gasteiger partial charge < -0.3 is 10.4 Å². The third-order valence-corrected chi connectivity index (χ3v) is 3.84. The molecule has 2 N–H and O–H groups in total. The molecule has 0 bridgehead atoms. The van der Waals surface area contributed by atoms with Crippen LogP contribution in [0.25, 0.3) is 0 Å². The Bertz CT molecular complexity index is 180. The van der Waals surface area contributed by atoms with Gasteiger partial charge in [-0.15, -0.1) is 0 Å². The summed E-state index contributed by atoms with van der Waals surface area (Å²) in [5.41, 5.74) is 0. The first-order valence-electron chi connectivity index (χ1n) is 5.93. The molecule has 2 rings (SSSR count). The predicted molar refractivity (Wildman–Crippen MR) is 57.3 cm³/mol. The van der Waals surface area contributed by atoms with E-state index in [-0.39, 0.29) is 0 Å². The van der Waals surface area contributed by atoms with Gasteiger partial charge in [-0.05, 0) is 45.7 Å². The summed E-state index contributed by atoms with van der Waals surface area (Å²) in [5.74, 6) is 0. The number of nitrogens with one attached hydrogen (secondary N) is 1. The average molecular weight is 198 g/mol. The van der Waals surface area contributed by atoms with Crippen LogP contribution in [0.3, 0.4) is 0 Å². The largest absolute Gasteiger partial charge is 0.395 e. The number of rotatable bonds is 3. The molecule has 0 aromatic carbocycles. The number of aliphatic hydroxyl groups is 1. The molecule has 0 unspecified atom stereocenters. The van der Waals surface area contributed by atoms with E-state index in [1.807, 2.05) is 0 Å². The molecule has 14 heavy (non-hydrogen) atoms. The summed E-state index contributed by atoms with van der Waals surface area (Å²) < 4.78 is 0. The van der Waals surface area contributed by atoms with Gasteiger partial charge in [0.25, 0.3) is 0 Å². The zero-order chi connectivity index (χ0) is 9.97. The standard InChI is InChI=1S/C11H22N2O/c1-9(11-5-2-6-12-11)13-7-3-4-10(13)8-14/h9-12,14H,2-8H2,1H3/t9-,10+,11+/m1/s1. The first-order chi connectivity index (χ1) is 6.83. The third-order valence-electron chi connectivity index (χ3n) is 3.84. The van der Waals surface area contributed by atoms with Crippen LogP contribution >= 0.6 is 0 Å². The summed E-state index contributed by atoms with van der Waals surface area (Å²) in [6.07, 6.45) is 5.04. The topological polar surface area (TPSA) is 35.5 Å². The SMILES string of the molecule is C[C@H]([C@@H]1CCCN1)N1CCC[C@H]1CO. The minimum atomic E-state index is 0.330. The molecule has 0 spiro atoms. The summed E-state index contributed by atoms with van der Waals surface area (Å²) in [4.78, 5) is 2.49. The van der Waals surface area contributed by atoms with Crippen molar-refractivity contribution in [1.29, 1.82) is 0 Å². The van der Waals surface area contributed by atoms with Crippen molar-refractivity contribution in [2.75, 3.05) is 19.7 Å². The lowest BCUT2D eigenvalue weighted by Crippen LogP contribution is -2.48.